The van der Waals surface area contributed by atoms with Crippen LogP contribution in [0.25, 0.3) is 0 Å². The highest BCUT2D eigenvalue weighted by Crippen LogP contribution is 2.18. The van der Waals surface area contributed by atoms with Gasteiger partial charge < -0.3 is 5.11 Å². The molecule has 0 saturated carbocycles. The largest absolute Gasteiger partial charge is 0.478 e. The van der Waals surface area contributed by atoms with Crippen molar-refractivity contribution in [3.05, 3.63) is 72.3 Å². The Morgan fingerprint density at radius 3 is 2.41 bits per heavy atom. The number of para-hydroxylation sites is 1. The molecule has 5 nitrogen and oxygen atoms in total. The van der Waals surface area contributed by atoms with E-state index in [1.54, 1.807) is 42.5 Å². The number of rotatable bonds is 6. The fourth-order valence-corrected chi connectivity index (χ4v) is 2.99. The summed E-state index contributed by atoms with van der Waals surface area (Å²) < 4.78 is 27.1. The molecule has 2 aromatic carbocycles. The SMILES string of the molecule is C=C(Cc1cccc(S(=O)(=O)Nc2ccccc2)c1)C(=O)O. The van der Waals surface area contributed by atoms with E-state index in [1.165, 1.54) is 12.1 Å². The van der Waals surface area contributed by atoms with E-state index in [-0.39, 0.29) is 16.9 Å². The van der Waals surface area contributed by atoms with Gasteiger partial charge >= 0.3 is 5.97 Å². The molecule has 6 heteroatoms. The van der Waals surface area contributed by atoms with Crippen LogP contribution in [0.1, 0.15) is 5.56 Å². The maximum absolute atomic E-state index is 12.3. The van der Waals surface area contributed by atoms with Gasteiger partial charge in [-0.3, -0.25) is 4.72 Å². The zero-order valence-electron chi connectivity index (χ0n) is 11.7. The standard InChI is InChI=1S/C16H15NO4S/c1-12(16(18)19)10-13-6-5-9-15(11-13)22(20,21)17-14-7-3-2-4-8-14/h2-9,11,17H,1,10H2,(H,18,19). The van der Waals surface area contributed by atoms with E-state index in [9.17, 15) is 13.2 Å². The van der Waals surface area contributed by atoms with Gasteiger partial charge in [0.05, 0.1) is 4.90 Å². The Labute approximate surface area is 129 Å². The molecule has 2 aromatic rings. The molecule has 0 aromatic heterocycles. The third kappa shape index (κ3) is 3.95. The molecular weight excluding hydrogens is 302 g/mol. The maximum Gasteiger partial charge on any atom is 0.331 e. The summed E-state index contributed by atoms with van der Waals surface area (Å²) in [5, 5.41) is 8.84. The van der Waals surface area contributed by atoms with E-state index in [2.05, 4.69) is 11.3 Å². The number of sulfonamides is 1. The second-order valence-corrected chi connectivity index (χ2v) is 6.39. The Bertz CT molecular complexity index is 798. The predicted molar refractivity (Wildman–Crippen MR) is 84.2 cm³/mol. The summed E-state index contributed by atoms with van der Waals surface area (Å²) in [5.41, 5.74) is 1.04. The average molecular weight is 317 g/mol. The highest BCUT2D eigenvalue weighted by molar-refractivity contribution is 7.92. The van der Waals surface area contributed by atoms with Crippen LogP contribution in [0.3, 0.4) is 0 Å². The lowest BCUT2D eigenvalue weighted by Gasteiger charge is -2.09. The molecule has 0 bridgehead atoms. The quantitative estimate of drug-likeness (QED) is 0.802. The summed E-state index contributed by atoms with van der Waals surface area (Å²) in [6.07, 6.45) is 0.0873. The molecule has 22 heavy (non-hydrogen) atoms. The minimum atomic E-state index is -3.72. The molecule has 0 fully saturated rings. The van der Waals surface area contributed by atoms with Gasteiger partial charge in [-0.2, -0.15) is 0 Å². The van der Waals surface area contributed by atoms with Crippen molar-refractivity contribution in [3.63, 3.8) is 0 Å². The lowest BCUT2D eigenvalue weighted by Crippen LogP contribution is -2.13. The second-order valence-electron chi connectivity index (χ2n) is 4.70. The van der Waals surface area contributed by atoms with Crippen LogP contribution in [0.4, 0.5) is 5.69 Å². The zero-order valence-corrected chi connectivity index (χ0v) is 12.5. The van der Waals surface area contributed by atoms with Crippen LogP contribution >= 0.6 is 0 Å². The van der Waals surface area contributed by atoms with Gasteiger partial charge in [0.2, 0.25) is 0 Å². The summed E-state index contributed by atoms with van der Waals surface area (Å²) in [4.78, 5) is 10.9. The van der Waals surface area contributed by atoms with E-state index in [1.807, 2.05) is 0 Å². The topological polar surface area (TPSA) is 83.5 Å². The maximum atomic E-state index is 12.3. The molecule has 2 rings (SSSR count). The molecule has 0 spiro atoms. The minimum absolute atomic E-state index is 0.00515. The first-order valence-electron chi connectivity index (χ1n) is 6.46. The fourth-order valence-electron chi connectivity index (χ4n) is 1.86. The third-order valence-corrected chi connectivity index (χ3v) is 4.33. The first kappa shape index (κ1) is 15.8. The Morgan fingerprint density at radius 2 is 1.77 bits per heavy atom. The van der Waals surface area contributed by atoms with E-state index in [0.29, 0.717) is 11.3 Å². The van der Waals surface area contributed by atoms with Gasteiger partial charge in [-0.25, -0.2) is 13.2 Å². The van der Waals surface area contributed by atoms with Crippen molar-refractivity contribution in [1.29, 1.82) is 0 Å². The average Bonchev–Trinajstić information content (AvgIpc) is 2.48. The predicted octanol–water partition coefficient (Wildman–Crippen LogP) is 2.67. The second kappa shape index (κ2) is 6.44. The van der Waals surface area contributed by atoms with Crippen molar-refractivity contribution in [2.24, 2.45) is 0 Å². The number of nitrogens with one attached hydrogen (secondary N) is 1. The molecule has 0 saturated heterocycles. The van der Waals surface area contributed by atoms with E-state index >= 15 is 0 Å². The smallest absolute Gasteiger partial charge is 0.331 e. The van der Waals surface area contributed by atoms with E-state index in [0.717, 1.165) is 0 Å². The van der Waals surface area contributed by atoms with Crippen LogP contribution in [0.5, 0.6) is 0 Å². The lowest BCUT2D eigenvalue weighted by molar-refractivity contribution is -0.132. The number of carboxylic acid groups (broad SMARTS) is 1. The summed E-state index contributed by atoms with van der Waals surface area (Å²) in [6, 6.07) is 14.7. The molecule has 0 aliphatic rings. The van der Waals surface area contributed by atoms with Crippen LogP contribution in [-0.2, 0) is 21.2 Å². The normalized spacial score (nSPS) is 10.9. The van der Waals surface area contributed by atoms with Gasteiger partial charge in [0.15, 0.2) is 0 Å². The van der Waals surface area contributed by atoms with E-state index < -0.39 is 16.0 Å². The summed E-state index contributed by atoms with van der Waals surface area (Å²) >= 11 is 0. The minimum Gasteiger partial charge on any atom is -0.478 e. The van der Waals surface area contributed by atoms with Crippen LogP contribution in [-0.4, -0.2) is 19.5 Å². The number of hydrogen-bond acceptors (Lipinski definition) is 3. The number of aliphatic carboxylic acids is 1. The van der Waals surface area contributed by atoms with Gasteiger partial charge in [0.25, 0.3) is 10.0 Å². The van der Waals surface area contributed by atoms with Gasteiger partial charge in [-0.05, 0) is 29.8 Å². The molecule has 0 aliphatic carbocycles. The van der Waals surface area contributed by atoms with Crippen molar-refractivity contribution in [2.75, 3.05) is 4.72 Å². The van der Waals surface area contributed by atoms with Gasteiger partial charge in [0, 0.05) is 17.7 Å². The Kier molecular flexibility index (Phi) is 4.62. The molecule has 0 atom stereocenters. The number of carbonyl (C=O) groups is 1. The zero-order chi connectivity index (χ0) is 16.2. The van der Waals surface area contributed by atoms with Crippen LogP contribution in [0.15, 0.2) is 71.6 Å². The monoisotopic (exact) mass is 317 g/mol. The third-order valence-electron chi connectivity index (χ3n) is 2.95. The van der Waals surface area contributed by atoms with Crippen molar-refractivity contribution in [1.82, 2.24) is 0 Å². The first-order valence-corrected chi connectivity index (χ1v) is 7.95. The lowest BCUT2D eigenvalue weighted by atomic mass is 10.1. The van der Waals surface area contributed by atoms with Gasteiger partial charge in [0.1, 0.15) is 0 Å². The van der Waals surface area contributed by atoms with Crippen LogP contribution in [0.2, 0.25) is 0 Å². The summed E-state index contributed by atoms with van der Waals surface area (Å²) in [6.45, 7) is 3.44. The molecule has 0 amide bonds. The van der Waals surface area contributed by atoms with Crippen molar-refractivity contribution < 1.29 is 18.3 Å². The Balaban J connectivity index is 2.24. The van der Waals surface area contributed by atoms with Crippen molar-refractivity contribution in [2.45, 2.75) is 11.3 Å². The molecule has 0 aliphatic heterocycles. The number of carboxylic acids is 1. The molecule has 0 radical (unpaired) electrons. The molecule has 0 heterocycles. The summed E-state index contributed by atoms with van der Waals surface area (Å²) in [7, 11) is -3.72. The fraction of sp³-hybridized carbons (Fsp3) is 0.0625. The highest BCUT2D eigenvalue weighted by Gasteiger charge is 2.15. The first-order chi connectivity index (χ1) is 10.4. The number of hydrogen-bond donors (Lipinski definition) is 2. The molecular formula is C16H15NO4S. The van der Waals surface area contributed by atoms with Crippen molar-refractivity contribution in [3.8, 4) is 0 Å². The van der Waals surface area contributed by atoms with Gasteiger partial charge in [-0.15, -0.1) is 0 Å². The number of anilines is 1. The number of benzene rings is 2. The molecule has 114 valence electrons. The van der Waals surface area contributed by atoms with Crippen LogP contribution < -0.4 is 4.72 Å². The van der Waals surface area contributed by atoms with Crippen LogP contribution in [0, 0.1) is 0 Å². The summed E-state index contributed by atoms with van der Waals surface area (Å²) in [5.74, 6) is -1.10. The molecule has 0 unspecified atom stereocenters. The Hall–Kier alpha value is -2.60. The van der Waals surface area contributed by atoms with Gasteiger partial charge in [-0.1, -0.05) is 36.9 Å². The van der Waals surface area contributed by atoms with Crippen molar-refractivity contribution >= 4 is 21.7 Å². The van der Waals surface area contributed by atoms with E-state index in [4.69, 9.17) is 5.11 Å². The Morgan fingerprint density at radius 1 is 1.09 bits per heavy atom. The molecule has 2 N–H and O–H groups in total. The highest BCUT2D eigenvalue weighted by atomic mass is 32.2.